The van der Waals surface area contributed by atoms with Crippen LogP contribution in [-0.2, 0) is 11.3 Å². The van der Waals surface area contributed by atoms with Crippen LogP contribution < -0.4 is 9.47 Å². The molecule has 1 saturated heterocycles. The number of fused-ring (bicyclic) bond motifs is 1. The minimum Gasteiger partial charge on any atom is -0.454 e. The maximum absolute atomic E-state index is 12.4. The zero-order valence-electron chi connectivity index (χ0n) is 14.6. The lowest BCUT2D eigenvalue weighted by Crippen LogP contribution is -2.47. The highest BCUT2D eigenvalue weighted by Gasteiger charge is 2.20. The fraction of sp³-hybridized carbons (Fsp3) is 0.286. The number of ether oxygens (including phenoxy) is 2. The van der Waals surface area contributed by atoms with E-state index < -0.39 is 0 Å². The summed E-state index contributed by atoms with van der Waals surface area (Å²) in [6.07, 6.45) is 3.55. The van der Waals surface area contributed by atoms with Gasteiger partial charge in [0.15, 0.2) is 11.5 Å². The summed E-state index contributed by atoms with van der Waals surface area (Å²) in [4.78, 5) is 16.6. The zero-order valence-corrected chi connectivity index (χ0v) is 14.6. The monoisotopic (exact) mass is 350 g/mol. The summed E-state index contributed by atoms with van der Waals surface area (Å²) in [5, 5.41) is 0. The summed E-state index contributed by atoms with van der Waals surface area (Å²) in [7, 11) is 0. The van der Waals surface area contributed by atoms with E-state index in [1.54, 1.807) is 6.08 Å². The molecule has 0 radical (unpaired) electrons. The van der Waals surface area contributed by atoms with Crippen LogP contribution in [0.5, 0.6) is 11.5 Å². The number of rotatable bonds is 4. The Labute approximate surface area is 153 Å². The van der Waals surface area contributed by atoms with Crippen molar-refractivity contribution in [3.63, 3.8) is 0 Å². The first-order valence-electron chi connectivity index (χ1n) is 8.91. The van der Waals surface area contributed by atoms with Crippen LogP contribution in [-0.4, -0.2) is 48.7 Å². The number of amides is 1. The minimum absolute atomic E-state index is 0.0802. The van der Waals surface area contributed by atoms with Crippen LogP contribution in [0.1, 0.15) is 11.1 Å². The highest BCUT2D eigenvalue weighted by atomic mass is 16.7. The maximum atomic E-state index is 12.4. The van der Waals surface area contributed by atoms with Crippen LogP contribution >= 0.6 is 0 Å². The Bertz CT molecular complexity index is 796. The van der Waals surface area contributed by atoms with Gasteiger partial charge in [0.25, 0.3) is 0 Å². The van der Waals surface area contributed by atoms with Crippen molar-refractivity contribution in [2.24, 2.45) is 0 Å². The van der Waals surface area contributed by atoms with E-state index in [1.807, 2.05) is 53.4 Å². The summed E-state index contributed by atoms with van der Waals surface area (Å²) in [6.45, 7) is 4.42. The van der Waals surface area contributed by atoms with Crippen LogP contribution in [0.4, 0.5) is 0 Å². The van der Waals surface area contributed by atoms with E-state index in [0.29, 0.717) is 6.79 Å². The van der Waals surface area contributed by atoms with Gasteiger partial charge in [0.2, 0.25) is 12.7 Å². The number of hydrogen-bond acceptors (Lipinski definition) is 4. The molecule has 0 unspecified atom stereocenters. The van der Waals surface area contributed by atoms with Crippen molar-refractivity contribution >= 4 is 12.0 Å². The van der Waals surface area contributed by atoms with E-state index in [-0.39, 0.29) is 5.91 Å². The molecule has 0 bridgehead atoms. The molecule has 1 amide bonds. The molecule has 0 aliphatic carbocycles. The number of piperazine rings is 1. The fourth-order valence-corrected chi connectivity index (χ4v) is 3.26. The molecule has 2 aliphatic heterocycles. The molecule has 4 rings (SSSR count). The first-order valence-corrected chi connectivity index (χ1v) is 8.91. The van der Waals surface area contributed by atoms with Gasteiger partial charge < -0.3 is 14.4 Å². The number of carbonyl (C=O) groups is 1. The quantitative estimate of drug-likeness (QED) is 0.795. The molecule has 26 heavy (non-hydrogen) atoms. The van der Waals surface area contributed by atoms with Gasteiger partial charge >= 0.3 is 0 Å². The van der Waals surface area contributed by atoms with Crippen molar-refractivity contribution in [1.29, 1.82) is 0 Å². The van der Waals surface area contributed by atoms with E-state index in [1.165, 1.54) is 5.56 Å². The lowest BCUT2D eigenvalue weighted by Gasteiger charge is -2.34. The molecule has 5 nitrogen and oxygen atoms in total. The summed E-state index contributed by atoms with van der Waals surface area (Å²) in [5.74, 6) is 1.72. The van der Waals surface area contributed by atoms with Crippen molar-refractivity contribution in [2.45, 2.75) is 6.54 Å². The molecule has 0 atom stereocenters. The Morgan fingerprint density at radius 2 is 1.73 bits per heavy atom. The molecule has 2 aromatic rings. The molecule has 2 heterocycles. The lowest BCUT2D eigenvalue weighted by atomic mass is 10.1. The number of carbonyl (C=O) groups excluding carboxylic acids is 1. The molecular weight excluding hydrogens is 328 g/mol. The van der Waals surface area contributed by atoms with Crippen LogP contribution in [0.2, 0.25) is 0 Å². The second-order valence-electron chi connectivity index (χ2n) is 6.53. The second-order valence-corrected chi connectivity index (χ2v) is 6.53. The molecule has 0 N–H and O–H groups in total. The highest BCUT2D eigenvalue weighted by molar-refractivity contribution is 5.91. The number of nitrogens with zero attached hydrogens (tertiary/aromatic N) is 2. The molecule has 0 spiro atoms. The van der Waals surface area contributed by atoms with Crippen molar-refractivity contribution in [1.82, 2.24) is 9.80 Å². The third-order valence-electron chi connectivity index (χ3n) is 4.75. The summed E-state index contributed by atoms with van der Waals surface area (Å²) >= 11 is 0. The Balaban J connectivity index is 1.28. The fourth-order valence-electron chi connectivity index (χ4n) is 3.26. The first kappa shape index (κ1) is 16.7. The van der Waals surface area contributed by atoms with Gasteiger partial charge in [-0.2, -0.15) is 0 Å². The first-order chi connectivity index (χ1) is 12.8. The average Bonchev–Trinajstić information content (AvgIpc) is 3.15. The number of hydrogen-bond donors (Lipinski definition) is 0. The van der Waals surface area contributed by atoms with Gasteiger partial charge in [0, 0.05) is 38.8 Å². The molecule has 2 aromatic carbocycles. The van der Waals surface area contributed by atoms with Gasteiger partial charge in [-0.05, 0) is 29.3 Å². The van der Waals surface area contributed by atoms with Gasteiger partial charge in [-0.25, -0.2) is 0 Å². The molecular formula is C21H22N2O3. The van der Waals surface area contributed by atoms with E-state index >= 15 is 0 Å². The van der Waals surface area contributed by atoms with E-state index in [4.69, 9.17) is 9.47 Å². The Morgan fingerprint density at radius 1 is 0.962 bits per heavy atom. The van der Waals surface area contributed by atoms with Crippen LogP contribution in [0, 0.1) is 0 Å². The van der Waals surface area contributed by atoms with E-state index in [9.17, 15) is 4.79 Å². The second kappa shape index (κ2) is 7.62. The predicted molar refractivity (Wildman–Crippen MR) is 99.9 cm³/mol. The largest absolute Gasteiger partial charge is 0.454 e. The van der Waals surface area contributed by atoms with Crippen LogP contribution in [0.15, 0.2) is 54.6 Å². The summed E-state index contributed by atoms with van der Waals surface area (Å²) < 4.78 is 10.8. The van der Waals surface area contributed by atoms with Crippen molar-refractivity contribution < 1.29 is 14.3 Å². The molecule has 5 heteroatoms. The van der Waals surface area contributed by atoms with Gasteiger partial charge in [0.1, 0.15) is 0 Å². The highest BCUT2D eigenvalue weighted by Crippen LogP contribution is 2.32. The molecule has 2 aliphatic rings. The topological polar surface area (TPSA) is 42.0 Å². The van der Waals surface area contributed by atoms with Crippen molar-refractivity contribution in [3.05, 3.63) is 65.7 Å². The Morgan fingerprint density at radius 3 is 2.54 bits per heavy atom. The Hall–Kier alpha value is -2.79. The smallest absolute Gasteiger partial charge is 0.246 e. The van der Waals surface area contributed by atoms with Crippen LogP contribution in [0.25, 0.3) is 6.08 Å². The van der Waals surface area contributed by atoms with Crippen molar-refractivity contribution in [2.75, 3.05) is 33.0 Å². The van der Waals surface area contributed by atoms with E-state index in [2.05, 4.69) is 11.0 Å². The summed E-state index contributed by atoms with van der Waals surface area (Å²) in [5.41, 5.74) is 2.25. The van der Waals surface area contributed by atoms with Gasteiger partial charge in [0.05, 0.1) is 0 Å². The third kappa shape index (κ3) is 3.89. The third-order valence-corrected chi connectivity index (χ3v) is 4.75. The maximum Gasteiger partial charge on any atom is 0.246 e. The standard InChI is InChI=1S/C21H22N2O3/c24-21(9-7-17-4-2-1-3-5-17)23-12-10-22(11-13-23)15-18-6-8-19-20(14-18)26-16-25-19/h1-9,14H,10-13,15-16H2/b9-7+. The van der Waals surface area contributed by atoms with Gasteiger partial charge in [-0.1, -0.05) is 36.4 Å². The average molecular weight is 350 g/mol. The van der Waals surface area contributed by atoms with Crippen LogP contribution in [0.3, 0.4) is 0 Å². The normalized spacial score (nSPS) is 17.0. The Kier molecular flexibility index (Phi) is 4.88. The molecule has 0 aromatic heterocycles. The molecule has 1 fully saturated rings. The van der Waals surface area contributed by atoms with Crippen molar-refractivity contribution in [3.8, 4) is 11.5 Å². The molecule has 0 saturated carbocycles. The predicted octanol–water partition coefficient (Wildman–Crippen LogP) is 2.77. The zero-order chi connectivity index (χ0) is 17.8. The molecule has 134 valence electrons. The number of benzene rings is 2. The van der Waals surface area contributed by atoms with Gasteiger partial charge in [-0.3, -0.25) is 9.69 Å². The lowest BCUT2D eigenvalue weighted by molar-refractivity contribution is -0.127. The SMILES string of the molecule is O=C(/C=C/c1ccccc1)N1CCN(Cc2ccc3c(c2)OCO3)CC1. The van der Waals surface area contributed by atoms with Gasteiger partial charge in [-0.15, -0.1) is 0 Å². The van der Waals surface area contributed by atoms with E-state index in [0.717, 1.165) is 49.8 Å². The summed E-state index contributed by atoms with van der Waals surface area (Å²) in [6, 6.07) is 16.0. The minimum atomic E-state index is 0.0802.